The van der Waals surface area contributed by atoms with Crippen LogP contribution in [0.3, 0.4) is 0 Å². The number of hydrogen-bond donors (Lipinski definition) is 2. The second-order valence-electron chi connectivity index (χ2n) is 6.30. The molecular formula is C16H32IN5O2. The SMILES string of the molecule is CCNC(=NCC1CN(C)CCO1)NC1CCN(C(=O)CC)C1.I. The summed E-state index contributed by atoms with van der Waals surface area (Å²) >= 11 is 0. The maximum atomic E-state index is 11.8. The molecular weight excluding hydrogens is 421 g/mol. The highest BCUT2D eigenvalue weighted by Gasteiger charge is 2.26. The topological polar surface area (TPSA) is 69.2 Å². The lowest BCUT2D eigenvalue weighted by Crippen LogP contribution is -2.46. The maximum absolute atomic E-state index is 11.8. The summed E-state index contributed by atoms with van der Waals surface area (Å²) in [6, 6.07) is 0.276. The van der Waals surface area contributed by atoms with Gasteiger partial charge in [0.2, 0.25) is 5.91 Å². The molecule has 0 radical (unpaired) electrons. The number of ether oxygens (including phenoxy) is 1. The number of carbonyl (C=O) groups excluding carboxylic acids is 1. The van der Waals surface area contributed by atoms with Crippen LogP contribution in [0.5, 0.6) is 0 Å². The molecule has 0 aromatic heterocycles. The molecule has 2 aliphatic heterocycles. The van der Waals surface area contributed by atoms with Crippen LogP contribution in [0.1, 0.15) is 26.7 Å². The van der Waals surface area contributed by atoms with Gasteiger partial charge in [-0.3, -0.25) is 9.79 Å². The van der Waals surface area contributed by atoms with E-state index in [1.54, 1.807) is 0 Å². The van der Waals surface area contributed by atoms with E-state index in [2.05, 4.69) is 34.5 Å². The van der Waals surface area contributed by atoms with Gasteiger partial charge in [-0.15, -0.1) is 24.0 Å². The van der Waals surface area contributed by atoms with E-state index in [9.17, 15) is 4.79 Å². The average molecular weight is 453 g/mol. The van der Waals surface area contributed by atoms with Gasteiger partial charge < -0.3 is 25.2 Å². The Bertz CT molecular complexity index is 421. The number of aliphatic imine (C=N–C) groups is 1. The number of amides is 1. The van der Waals surface area contributed by atoms with E-state index in [0.717, 1.165) is 51.7 Å². The maximum Gasteiger partial charge on any atom is 0.222 e. The number of halogens is 1. The van der Waals surface area contributed by atoms with E-state index in [4.69, 9.17) is 4.74 Å². The molecule has 0 spiro atoms. The minimum absolute atomic E-state index is 0. The molecule has 24 heavy (non-hydrogen) atoms. The zero-order valence-corrected chi connectivity index (χ0v) is 17.4. The number of likely N-dealkylation sites (N-methyl/N-ethyl adjacent to an activating group) is 1. The summed E-state index contributed by atoms with van der Waals surface area (Å²) in [5, 5.41) is 6.74. The van der Waals surface area contributed by atoms with E-state index in [1.165, 1.54) is 0 Å². The molecule has 2 aliphatic rings. The van der Waals surface area contributed by atoms with E-state index in [-0.39, 0.29) is 42.0 Å². The first kappa shape index (κ1) is 21.4. The number of nitrogens with zero attached hydrogens (tertiary/aromatic N) is 3. The van der Waals surface area contributed by atoms with Crippen LogP contribution in [-0.2, 0) is 9.53 Å². The second-order valence-corrected chi connectivity index (χ2v) is 6.30. The standard InChI is InChI=1S/C16H31N5O2.HI/c1-4-15(22)21-7-6-13(11-21)19-16(17-5-2)18-10-14-12-20(3)8-9-23-14;/h13-14H,4-12H2,1-3H3,(H2,17,18,19);1H. The highest BCUT2D eigenvalue weighted by molar-refractivity contribution is 14.0. The summed E-state index contributed by atoms with van der Waals surface area (Å²) in [6.07, 6.45) is 1.71. The lowest BCUT2D eigenvalue weighted by atomic mass is 10.2. The van der Waals surface area contributed by atoms with Gasteiger partial charge in [0, 0.05) is 45.2 Å². The Kier molecular flexibility index (Phi) is 9.91. The Morgan fingerprint density at radius 3 is 2.75 bits per heavy atom. The molecule has 2 atom stereocenters. The van der Waals surface area contributed by atoms with Crippen LogP contribution >= 0.6 is 24.0 Å². The smallest absolute Gasteiger partial charge is 0.222 e. The lowest BCUT2D eigenvalue weighted by molar-refractivity contribution is -0.129. The fraction of sp³-hybridized carbons (Fsp3) is 0.875. The average Bonchev–Trinajstić information content (AvgIpc) is 3.01. The fourth-order valence-corrected chi connectivity index (χ4v) is 3.01. The van der Waals surface area contributed by atoms with Crippen LogP contribution < -0.4 is 10.6 Å². The molecule has 0 saturated carbocycles. The first-order valence-corrected chi connectivity index (χ1v) is 8.75. The van der Waals surface area contributed by atoms with Crippen LogP contribution in [0.15, 0.2) is 4.99 Å². The van der Waals surface area contributed by atoms with Crippen LogP contribution in [0.4, 0.5) is 0 Å². The number of rotatable bonds is 5. The van der Waals surface area contributed by atoms with Gasteiger partial charge in [0.15, 0.2) is 5.96 Å². The Morgan fingerprint density at radius 1 is 1.29 bits per heavy atom. The van der Waals surface area contributed by atoms with E-state index in [0.29, 0.717) is 13.0 Å². The normalized spacial score (nSPS) is 25.3. The van der Waals surface area contributed by atoms with Crippen LogP contribution in [0.25, 0.3) is 0 Å². The number of likely N-dealkylation sites (tertiary alicyclic amines) is 1. The molecule has 140 valence electrons. The van der Waals surface area contributed by atoms with Gasteiger partial charge >= 0.3 is 0 Å². The lowest BCUT2D eigenvalue weighted by Gasteiger charge is -2.29. The summed E-state index contributed by atoms with van der Waals surface area (Å²) in [4.78, 5) is 20.6. The predicted octanol–water partition coefficient (Wildman–Crippen LogP) is 0.501. The van der Waals surface area contributed by atoms with E-state index < -0.39 is 0 Å². The molecule has 0 aromatic carbocycles. The molecule has 2 unspecified atom stereocenters. The zero-order valence-electron chi connectivity index (χ0n) is 15.1. The summed E-state index contributed by atoms with van der Waals surface area (Å²) < 4.78 is 5.75. The number of hydrogen-bond acceptors (Lipinski definition) is 4. The minimum atomic E-state index is 0. The molecule has 0 aliphatic carbocycles. The van der Waals surface area contributed by atoms with Crippen LogP contribution in [0, 0.1) is 0 Å². The van der Waals surface area contributed by atoms with Gasteiger partial charge in [0.1, 0.15) is 0 Å². The van der Waals surface area contributed by atoms with Crippen molar-refractivity contribution in [1.82, 2.24) is 20.4 Å². The predicted molar refractivity (Wildman–Crippen MR) is 107 cm³/mol. The Labute approximate surface area is 162 Å². The van der Waals surface area contributed by atoms with Gasteiger partial charge in [0.25, 0.3) is 0 Å². The largest absolute Gasteiger partial charge is 0.374 e. The van der Waals surface area contributed by atoms with Crippen LogP contribution in [0.2, 0.25) is 0 Å². The molecule has 2 saturated heterocycles. The number of carbonyl (C=O) groups is 1. The highest BCUT2D eigenvalue weighted by Crippen LogP contribution is 2.10. The second kappa shape index (κ2) is 11.1. The van der Waals surface area contributed by atoms with Crippen molar-refractivity contribution in [2.75, 3.05) is 52.9 Å². The van der Waals surface area contributed by atoms with Gasteiger partial charge in [-0.05, 0) is 20.4 Å². The zero-order chi connectivity index (χ0) is 16.7. The molecule has 2 rings (SSSR count). The van der Waals surface area contributed by atoms with Crippen molar-refractivity contribution in [3.05, 3.63) is 0 Å². The third kappa shape index (κ3) is 6.72. The monoisotopic (exact) mass is 453 g/mol. The molecule has 8 heteroatoms. The van der Waals surface area contributed by atoms with Crippen molar-refractivity contribution in [2.45, 2.75) is 38.8 Å². The van der Waals surface area contributed by atoms with Crippen molar-refractivity contribution < 1.29 is 9.53 Å². The molecule has 1 amide bonds. The quantitative estimate of drug-likeness (QED) is 0.361. The van der Waals surface area contributed by atoms with E-state index >= 15 is 0 Å². The van der Waals surface area contributed by atoms with Crippen molar-refractivity contribution in [1.29, 1.82) is 0 Å². The first-order valence-electron chi connectivity index (χ1n) is 8.75. The number of guanidine groups is 1. The number of morpholine rings is 1. The Morgan fingerprint density at radius 2 is 2.08 bits per heavy atom. The van der Waals surface area contributed by atoms with Gasteiger partial charge in [-0.25, -0.2) is 0 Å². The van der Waals surface area contributed by atoms with Crippen molar-refractivity contribution in [3.8, 4) is 0 Å². The Hall–Kier alpha value is -0.610. The third-order valence-electron chi connectivity index (χ3n) is 4.32. The van der Waals surface area contributed by atoms with Crippen molar-refractivity contribution >= 4 is 35.8 Å². The summed E-state index contributed by atoms with van der Waals surface area (Å²) in [6.45, 7) is 9.73. The van der Waals surface area contributed by atoms with E-state index in [1.807, 2.05) is 11.8 Å². The minimum Gasteiger partial charge on any atom is -0.374 e. The fourth-order valence-electron chi connectivity index (χ4n) is 3.01. The van der Waals surface area contributed by atoms with Crippen molar-refractivity contribution in [2.24, 2.45) is 4.99 Å². The molecule has 7 nitrogen and oxygen atoms in total. The van der Waals surface area contributed by atoms with Crippen LogP contribution in [-0.4, -0.2) is 86.7 Å². The van der Waals surface area contributed by atoms with Crippen molar-refractivity contribution in [3.63, 3.8) is 0 Å². The molecule has 2 heterocycles. The van der Waals surface area contributed by atoms with Gasteiger partial charge in [0.05, 0.1) is 19.3 Å². The Balaban J connectivity index is 0.00000288. The molecule has 0 aromatic rings. The third-order valence-corrected chi connectivity index (χ3v) is 4.32. The van der Waals surface area contributed by atoms with Gasteiger partial charge in [-0.2, -0.15) is 0 Å². The molecule has 2 fully saturated rings. The summed E-state index contributed by atoms with van der Waals surface area (Å²) in [5.74, 6) is 1.05. The summed E-state index contributed by atoms with van der Waals surface area (Å²) in [7, 11) is 2.11. The van der Waals surface area contributed by atoms with Gasteiger partial charge in [-0.1, -0.05) is 6.92 Å². The number of nitrogens with one attached hydrogen (secondary N) is 2. The first-order chi connectivity index (χ1) is 11.1. The molecule has 2 N–H and O–H groups in total. The molecule has 0 bridgehead atoms. The summed E-state index contributed by atoms with van der Waals surface area (Å²) in [5.41, 5.74) is 0. The highest BCUT2D eigenvalue weighted by atomic mass is 127.